The number of carbonyl (C=O) groups excluding carboxylic acids is 1. The lowest BCUT2D eigenvalue weighted by molar-refractivity contribution is -0.115. The van der Waals surface area contributed by atoms with Crippen molar-refractivity contribution in [1.82, 2.24) is 5.32 Å². The van der Waals surface area contributed by atoms with Crippen molar-refractivity contribution >= 4 is 68.8 Å². The largest absolute Gasteiger partial charge is 0.490 e. The topological polar surface area (TPSA) is 59.9 Å². The quantitative estimate of drug-likeness (QED) is 0.243. The molecule has 3 aromatic carbocycles. The van der Waals surface area contributed by atoms with Crippen LogP contribution in [-0.4, -0.2) is 17.7 Å². The Morgan fingerprint density at radius 1 is 1.09 bits per heavy atom. The highest BCUT2D eigenvalue weighted by atomic mass is 127. The molecular formula is C25H20ClIN2O3S. The molecule has 1 aliphatic heterocycles. The van der Waals surface area contributed by atoms with Gasteiger partial charge in [-0.3, -0.25) is 4.79 Å². The molecule has 5 nitrogen and oxygen atoms in total. The maximum atomic E-state index is 12.5. The number of aliphatic imine (C=N–C) groups is 1. The van der Waals surface area contributed by atoms with Gasteiger partial charge >= 0.3 is 0 Å². The van der Waals surface area contributed by atoms with Crippen molar-refractivity contribution in [3.63, 3.8) is 0 Å². The van der Waals surface area contributed by atoms with Gasteiger partial charge in [-0.1, -0.05) is 41.9 Å². The summed E-state index contributed by atoms with van der Waals surface area (Å²) in [6.45, 7) is 2.88. The molecule has 1 N–H and O–H groups in total. The van der Waals surface area contributed by atoms with Crippen LogP contribution in [0.3, 0.4) is 0 Å². The maximum Gasteiger partial charge on any atom is 0.264 e. The molecular weight excluding hydrogens is 571 g/mol. The summed E-state index contributed by atoms with van der Waals surface area (Å²) in [4.78, 5) is 17.5. The van der Waals surface area contributed by atoms with Crippen LogP contribution in [0.25, 0.3) is 6.08 Å². The SMILES string of the molecule is CCOc1cc(/C=C2/SC(=Nc3ccc(Cl)cc3)NC2=O)cc(I)c1OCc1ccccc1. The highest BCUT2D eigenvalue weighted by molar-refractivity contribution is 14.1. The molecule has 8 heteroatoms. The minimum absolute atomic E-state index is 0.190. The fourth-order valence-electron chi connectivity index (χ4n) is 3.07. The number of halogens is 2. The Morgan fingerprint density at radius 3 is 2.58 bits per heavy atom. The van der Waals surface area contributed by atoms with Crippen LogP contribution in [0, 0.1) is 3.57 Å². The zero-order valence-corrected chi connectivity index (χ0v) is 21.4. The number of nitrogens with one attached hydrogen (secondary N) is 1. The van der Waals surface area contributed by atoms with Crippen molar-refractivity contribution in [1.29, 1.82) is 0 Å². The number of hydrogen-bond acceptors (Lipinski definition) is 5. The van der Waals surface area contributed by atoms with E-state index < -0.39 is 0 Å². The number of ether oxygens (including phenoxy) is 2. The third kappa shape index (κ3) is 6.31. The molecule has 3 aromatic rings. The average molecular weight is 591 g/mol. The number of amides is 1. The van der Waals surface area contributed by atoms with E-state index in [1.54, 1.807) is 24.3 Å². The van der Waals surface area contributed by atoms with Crippen LogP contribution in [0.15, 0.2) is 76.6 Å². The van der Waals surface area contributed by atoms with Crippen LogP contribution in [0.4, 0.5) is 5.69 Å². The van der Waals surface area contributed by atoms with E-state index in [2.05, 4.69) is 32.9 Å². The summed E-state index contributed by atoms with van der Waals surface area (Å²) >= 11 is 9.45. The molecule has 0 bridgehead atoms. The second kappa shape index (κ2) is 11.1. The summed E-state index contributed by atoms with van der Waals surface area (Å²) in [5.41, 5.74) is 2.64. The fraction of sp³-hybridized carbons (Fsp3) is 0.120. The second-order valence-electron chi connectivity index (χ2n) is 7.00. The van der Waals surface area contributed by atoms with Crippen molar-refractivity contribution in [3.05, 3.63) is 91.4 Å². The van der Waals surface area contributed by atoms with E-state index in [-0.39, 0.29) is 5.91 Å². The van der Waals surface area contributed by atoms with Gasteiger partial charge in [0.15, 0.2) is 16.7 Å². The van der Waals surface area contributed by atoms with Crippen molar-refractivity contribution in [3.8, 4) is 11.5 Å². The normalized spacial score (nSPS) is 15.7. The number of carbonyl (C=O) groups is 1. The van der Waals surface area contributed by atoms with Crippen molar-refractivity contribution in [2.45, 2.75) is 13.5 Å². The number of nitrogens with zero attached hydrogens (tertiary/aromatic N) is 1. The zero-order valence-electron chi connectivity index (χ0n) is 17.7. The molecule has 1 amide bonds. The third-order valence-corrected chi connectivity index (χ3v) is 6.53. The fourth-order valence-corrected chi connectivity index (χ4v) is 4.82. The average Bonchev–Trinajstić information content (AvgIpc) is 3.14. The van der Waals surface area contributed by atoms with E-state index in [0.717, 1.165) is 20.4 Å². The summed E-state index contributed by atoms with van der Waals surface area (Å²) in [6, 6.07) is 21.0. The van der Waals surface area contributed by atoms with Gasteiger partial charge in [0.2, 0.25) is 0 Å². The second-order valence-corrected chi connectivity index (χ2v) is 9.62. The number of hydrogen-bond donors (Lipinski definition) is 1. The molecule has 1 fully saturated rings. The van der Waals surface area contributed by atoms with Crippen LogP contribution in [0.5, 0.6) is 11.5 Å². The smallest absolute Gasteiger partial charge is 0.264 e. The van der Waals surface area contributed by atoms with E-state index in [4.69, 9.17) is 21.1 Å². The van der Waals surface area contributed by atoms with Gasteiger partial charge in [0.1, 0.15) is 6.61 Å². The lowest BCUT2D eigenvalue weighted by Crippen LogP contribution is -2.19. The van der Waals surface area contributed by atoms with Gasteiger partial charge in [-0.2, -0.15) is 0 Å². The molecule has 4 rings (SSSR count). The molecule has 0 unspecified atom stereocenters. The van der Waals surface area contributed by atoms with Gasteiger partial charge in [0.25, 0.3) is 5.91 Å². The summed E-state index contributed by atoms with van der Waals surface area (Å²) in [6.07, 6.45) is 1.83. The van der Waals surface area contributed by atoms with Gasteiger partial charge in [-0.25, -0.2) is 4.99 Å². The Kier molecular flexibility index (Phi) is 7.95. The molecule has 168 valence electrons. The monoisotopic (exact) mass is 590 g/mol. The number of amidine groups is 1. The number of benzene rings is 3. The Morgan fingerprint density at radius 2 is 1.85 bits per heavy atom. The molecule has 0 aromatic heterocycles. The van der Waals surface area contributed by atoms with Crippen molar-refractivity contribution in [2.75, 3.05) is 6.61 Å². The standard InChI is InChI=1S/C25H20ClIN2O3S/c1-2-31-21-13-17(12-20(27)23(21)32-15-16-6-4-3-5-7-16)14-22-24(30)29-25(33-22)28-19-10-8-18(26)9-11-19/h3-14H,2,15H2,1H3,(H,28,29,30)/b22-14+. The first-order valence-corrected chi connectivity index (χ1v) is 12.5. The molecule has 0 saturated carbocycles. The predicted octanol–water partition coefficient (Wildman–Crippen LogP) is 6.81. The minimum Gasteiger partial charge on any atom is -0.490 e. The van der Waals surface area contributed by atoms with Gasteiger partial charge in [0, 0.05) is 5.02 Å². The molecule has 1 heterocycles. The highest BCUT2D eigenvalue weighted by Gasteiger charge is 2.24. The van der Waals surface area contributed by atoms with E-state index >= 15 is 0 Å². The lowest BCUT2D eigenvalue weighted by Gasteiger charge is -2.15. The summed E-state index contributed by atoms with van der Waals surface area (Å²) in [7, 11) is 0. The van der Waals surface area contributed by atoms with Crippen LogP contribution in [0.1, 0.15) is 18.1 Å². The highest BCUT2D eigenvalue weighted by Crippen LogP contribution is 2.37. The van der Waals surface area contributed by atoms with Crippen LogP contribution in [0.2, 0.25) is 5.02 Å². The molecule has 0 aliphatic carbocycles. The van der Waals surface area contributed by atoms with Gasteiger partial charge in [0.05, 0.1) is 20.8 Å². The van der Waals surface area contributed by atoms with Crippen LogP contribution in [-0.2, 0) is 11.4 Å². The Bertz CT molecular complexity index is 1210. The lowest BCUT2D eigenvalue weighted by atomic mass is 10.2. The maximum absolute atomic E-state index is 12.5. The van der Waals surface area contributed by atoms with Gasteiger partial charge in [-0.15, -0.1) is 0 Å². The minimum atomic E-state index is -0.190. The van der Waals surface area contributed by atoms with E-state index in [0.29, 0.717) is 39.8 Å². The first-order chi connectivity index (χ1) is 16.0. The van der Waals surface area contributed by atoms with Crippen LogP contribution < -0.4 is 14.8 Å². The van der Waals surface area contributed by atoms with E-state index in [1.165, 1.54) is 11.8 Å². The number of thioether (sulfide) groups is 1. The van der Waals surface area contributed by atoms with Crippen LogP contribution >= 0.6 is 46.0 Å². The summed E-state index contributed by atoms with van der Waals surface area (Å²) in [5, 5.41) is 3.97. The first kappa shape index (κ1) is 23.7. The number of rotatable bonds is 7. The van der Waals surface area contributed by atoms with E-state index in [9.17, 15) is 4.79 Å². The summed E-state index contributed by atoms with van der Waals surface area (Å²) in [5.74, 6) is 1.15. The molecule has 0 atom stereocenters. The van der Waals surface area contributed by atoms with E-state index in [1.807, 2.05) is 55.5 Å². The Balaban J connectivity index is 1.55. The zero-order chi connectivity index (χ0) is 23.2. The summed E-state index contributed by atoms with van der Waals surface area (Å²) < 4.78 is 12.8. The Hall–Kier alpha value is -2.49. The third-order valence-electron chi connectivity index (χ3n) is 4.56. The molecule has 0 radical (unpaired) electrons. The molecule has 33 heavy (non-hydrogen) atoms. The van der Waals surface area contributed by atoms with Crippen molar-refractivity contribution in [2.24, 2.45) is 4.99 Å². The van der Waals surface area contributed by atoms with Gasteiger partial charge < -0.3 is 14.8 Å². The first-order valence-electron chi connectivity index (χ1n) is 10.2. The van der Waals surface area contributed by atoms with Crippen molar-refractivity contribution < 1.29 is 14.3 Å². The molecule has 1 saturated heterocycles. The molecule has 0 spiro atoms. The Labute approximate surface area is 215 Å². The molecule has 1 aliphatic rings. The predicted molar refractivity (Wildman–Crippen MR) is 143 cm³/mol. The van der Waals surface area contributed by atoms with Gasteiger partial charge in [-0.05, 0) is 94.9 Å².